The first-order valence-corrected chi connectivity index (χ1v) is 4.33. The number of halogens is 1. The molecule has 0 amide bonds. The molecule has 14 heavy (non-hydrogen) atoms. The van der Waals surface area contributed by atoms with Crippen molar-refractivity contribution in [1.29, 1.82) is 0 Å². The van der Waals surface area contributed by atoms with E-state index in [4.69, 9.17) is 5.11 Å². The van der Waals surface area contributed by atoms with E-state index in [1.807, 2.05) is 13.8 Å². The molecule has 78 valence electrons. The van der Waals surface area contributed by atoms with Crippen LogP contribution in [0.1, 0.15) is 37.2 Å². The van der Waals surface area contributed by atoms with Gasteiger partial charge in [0.25, 0.3) is 0 Å². The summed E-state index contributed by atoms with van der Waals surface area (Å²) in [6.07, 6.45) is -0.574. The Labute approximate surface area is 81.3 Å². The molecule has 1 N–H and O–H groups in total. The molecular formula is C9H13FN2O2. The molecule has 0 radical (unpaired) electrons. The number of aliphatic carboxylic acids is 1. The fraction of sp³-hybridized carbons (Fsp3) is 0.556. The first-order valence-electron chi connectivity index (χ1n) is 4.33. The molecule has 1 heterocycles. The number of aromatic nitrogens is 2. The predicted molar refractivity (Wildman–Crippen MR) is 48.8 cm³/mol. The van der Waals surface area contributed by atoms with Gasteiger partial charge >= 0.3 is 5.97 Å². The standard InChI is InChI=1S/C9H13FN2O2/c1-5(2)8-6(4-12(3)11-8)7(10)9(13)14/h4-5,7H,1-3H3,(H,13,14). The molecule has 0 saturated heterocycles. The van der Waals surface area contributed by atoms with E-state index in [1.54, 1.807) is 7.05 Å². The minimum Gasteiger partial charge on any atom is -0.479 e. The lowest BCUT2D eigenvalue weighted by molar-refractivity contribution is -0.143. The molecule has 1 unspecified atom stereocenters. The van der Waals surface area contributed by atoms with Gasteiger partial charge in [0.1, 0.15) is 0 Å². The minimum absolute atomic E-state index is 0.0174. The first-order chi connectivity index (χ1) is 6.43. The predicted octanol–water partition coefficient (Wildman–Crippen LogP) is 1.64. The normalized spacial score (nSPS) is 13.2. The molecule has 0 fully saturated rings. The molecule has 1 atom stereocenters. The maximum absolute atomic E-state index is 13.2. The van der Waals surface area contributed by atoms with Crippen LogP contribution in [0.25, 0.3) is 0 Å². The van der Waals surface area contributed by atoms with E-state index in [1.165, 1.54) is 10.9 Å². The Morgan fingerprint density at radius 1 is 1.64 bits per heavy atom. The van der Waals surface area contributed by atoms with Gasteiger partial charge in [-0.05, 0) is 5.92 Å². The van der Waals surface area contributed by atoms with Gasteiger partial charge in [-0.1, -0.05) is 13.8 Å². The van der Waals surface area contributed by atoms with Crippen molar-refractivity contribution in [3.8, 4) is 0 Å². The Kier molecular flexibility index (Phi) is 2.88. The van der Waals surface area contributed by atoms with Gasteiger partial charge in [-0.15, -0.1) is 0 Å². The Balaban J connectivity index is 3.12. The SMILES string of the molecule is CC(C)c1nn(C)cc1C(F)C(=O)O. The van der Waals surface area contributed by atoms with Crippen molar-refractivity contribution < 1.29 is 14.3 Å². The first kappa shape index (κ1) is 10.7. The van der Waals surface area contributed by atoms with Crippen molar-refractivity contribution in [2.75, 3.05) is 0 Å². The Morgan fingerprint density at radius 3 is 2.64 bits per heavy atom. The van der Waals surface area contributed by atoms with E-state index in [9.17, 15) is 9.18 Å². The summed E-state index contributed by atoms with van der Waals surface area (Å²) >= 11 is 0. The van der Waals surface area contributed by atoms with Crippen LogP contribution in [0.2, 0.25) is 0 Å². The van der Waals surface area contributed by atoms with Crippen LogP contribution in [0, 0.1) is 0 Å². The second-order valence-corrected chi connectivity index (χ2v) is 3.50. The number of carboxylic acid groups (broad SMARTS) is 1. The topological polar surface area (TPSA) is 55.1 Å². The summed E-state index contributed by atoms with van der Waals surface area (Å²) in [7, 11) is 1.64. The lowest BCUT2D eigenvalue weighted by atomic mass is 10.0. The second-order valence-electron chi connectivity index (χ2n) is 3.50. The molecule has 0 spiro atoms. The zero-order valence-electron chi connectivity index (χ0n) is 8.36. The van der Waals surface area contributed by atoms with Crippen LogP contribution in [0.5, 0.6) is 0 Å². The van der Waals surface area contributed by atoms with Crippen LogP contribution >= 0.6 is 0 Å². The average Bonchev–Trinajstić information content (AvgIpc) is 2.45. The summed E-state index contributed by atoms with van der Waals surface area (Å²) in [6.45, 7) is 3.70. The molecule has 4 nitrogen and oxygen atoms in total. The highest BCUT2D eigenvalue weighted by Gasteiger charge is 2.25. The summed E-state index contributed by atoms with van der Waals surface area (Å²) < 4.78 is 14.7. The van der Waals surface area contributed by atoms with Crippen LogP contribution in [0.3, 0.4) is 0 Å². The van der Waals surface area contributed by atoms with Crippen molar-refractivity contribution in [2.24, 2.45) is 7.05 Å². The van der Waals surface area contributed by atoms with Gasteiger partial charge < -0.3 is 5.11 Å². The number of nitrogens with zero attached hydrogens (tertiary/aromatic N) is 2. The fourth-order valence-corrected chi connectivity index (χ4v) is 1.30. The number of aryl methyl sites for hydroxylation is 1. The quantitative estimate of drug-likeness (QED) is 0.806. The molecule has 5 heteroatoms. The van der Waals surface area contributed by atoms with Gasteiger partial charge in [-0.25, -0.2) is 9.18 Å². The third kappa shape index (κ3) is 1.92. The van der Waals surface area contributed by atoms with Crippen LogP contribution in [0.4, 0.5) is 4.39 Å². The van der Waals surface area contributed by atoms with Crippen LogP contribution in [-0.2, 0) is 11.8 Å². The maximum atomic E-state index is 13.2. The highest BCUT2D eigenvalue weighted by Crippen LogP contribution is 2.26. The van der Waals surface area contributed by atoms with Gasteiger partial charge in [0, 0.05) is 18.8 Å². The Hall–Kier alpha value is -1.39. The Morgan fingerprint density at radius 2 is 2.21 bits per heavy atom. The Bertz CT molecular complexity index is 347. The smallest absolute Gasteiger partial charge is 0.343 e. The molecule has 0 saturated carbocycles. The van der Waals surface area contributed by atoms with Crippen molar-refractivity contribution in [3.05, 3.63) is 17.5 Å². The fourth-order valence-electron chi connectivity index (χ4n) is 1.30. The third-order valence-electron chi connectivity index (χ3n) is 1.92. The lowest BCUT2D eigenvalue weighted by Gasteiger charge is -2.05. The summed E-state index contributed by atoms with van der Waals surface area (Å²) in [5, 5.41) is 12.6. The molecule has 1 aromatic heterocycles. The van der Waals surface area contributed by atoms with Gasteiger partial charge in [0.2, 0.25) is 6.17 Å². The van der Waals surface area contributed by atoms with Crippen molar-refractivity contribution in [3.63, 3.8) is 0 Å². The molecule has 0 aliphatic carbocycles. The summed E-state index contributed by atoms with van der Waals surface area (Å²) in [5.41, 5.74) is 0.650. The molecule has 0 bridgehead atoms. The molecule has 1 aromatic rings. The van der Waals surface area contributed by atoms with Gasteiger partial charge in [0.15, 0.2) is 0 Å². The molecule has 0 aliphatic heterocycles. The minimum atomic E-state index is -1.99. The monoisotopic (exact) mass is 200 g/mol. The second kappa shape index (κ2) is 3.77. The summed E-state index contributed by atoms with van der Waals surface area (Å²) in [4.78, 5) is 10.5. The van der Waals surface area contributed by atoms with Gasteiger partial charge in [-0.3, -0.25) is 4.68 Å². The zero-order chi connectivity index (χ0) is 10.9. The highest BCUT2D eigenvalue weighted by atomic mass is 19.1. The van der Waals surface area contributed by atoms with E-state index in [0.717, 1.165) is 0 Å². The van der Waals surface area contributed by atoms with Crippen LogP contribution in [0.15, 0.2) is 6.20 Å². The van der Waals surface area contributed by atoms with E-state index < -0.39 is 12.1 Å². The lowest BCUT2D eigenvalue weighted by Crippen LogP contribution is -2.08. The van der Waals surface area contributed by atoms with E-state index >= 15 is 0 Å². The number of carboxylic acids is 1. The number of hydrogen-bond acceptors (Lipinski definition) is 2. The number of carbonyl (C=O) groups is 1. The highest BCUT2D eigenvalue weighted by molar-refractivity contribution is 5.74. The molecule has 0 aromatic carbocycles. The van der Waals surface area contributed by atoms with E-state index in [-0.39, 0.29) is 11.5 Å². The number of hydrogen-bond donors (Lipinski definition) is 1. The van der Waals surface area contributed by atoms with E-state index in [0.29, 0.717) is 5.69 Å². The largest absolute Gasteiger partial charge is 0.479 e. The summed E-state index contributed by atoms with van der Waals surface area (Å²) in [5.74, 6) is -1.45. The van der Waals surface area contributed by atoms with Gasteiger partial charge in [-0.2, -0.15) is 5.10 Å². The van der Waals surface area contributed by atoms with Crippen LogP contribution < -0.4 is 0 Å². The maximum Gasteiger partial charge on any atom is 0.343 e. The van der Waals surface area contributed by atoms with Gasteiger partial charge in [0.05, 0.1) is 5.69 Å². The molecule has 1 rings (SSSR count). The van der Waals surface area contributed by atoms with Crippen molar-refractivity contribution in [1.82, 2.24) is 9.78 Å². The third-order valence-corrected chi connectivity index (χ3v) is 1.92. The molecule has 0 aliphatic rings. The van der Waals surface area contributed by atoms with E-state index in [2.05, 4.69) is 5.10 Å². The number of rotatable bonds is 3. The van der Waals surface area contributed by atoms with Crippen LogP contribution in [-0.4, -0.2) is 20.9 Å². The molecular weight excluding hydrogens is 187 g/mol. The average molecular weight is 200 g/mol. The number of alkyl halides is 1. The van der Waals surface area contributed by atoms with Crippen molar-refractivity contribution in [2.45, 2.75) is 25.9 Å². The zero-order valence-corrected chi connectivity index (χ0v) is 8.36. The van der Waals surface area contributed by atoms with Crippen molar-refractivity contribution >= 4 is 5.97 Å². The summed E-state index contributed by atoms with van der Waals surface area (Å²) in [6, 6.07) is 0.